The molecule has 1 amide bonds. The number of nitrogen functional groups attached to an aromatic ring is 1. The zero-order valence-electron chi connectivity index (χ0n) is 13.6. The Morgan fingerprint density at radius 2 is 1.72 bits per heavy atom. The van der Waals surface area contributed by atoms with Crippen LogP contribution in [0.15, 0.2) is 42.5 Å². The van der Waals surface area contributed by atoms with E-state index in [0.29, 0.717) is 12.1 Å². The van der Waals surface area contributed by atoms with Gasteiger partial charge in [0.25, 0.3) is 5.91 Å². The van der Waals surface area contributed by atoms with Gasteiger partial charge >= 0.3 is 5.97 Å². The van der Waals surface area contributed by atoms with Crippen molar-refractivity contribution in [2.24, 2.45) is 0 Å². The summed E-state index contributed by atoms with van der Waals surface area (Å²) in [6.07, 6.45) is 0.456. The van der Waals surface area contributed by atoms with Gasteiger partial charge in [0.1, 0.15) is 0 Å². The van der Waals surface area contributed by atoms with Crippen molar-refractivity contribution in [1.29, 1.82) is 0 Å². The maximum Gasteiger partial charge on any atom is 0.307 e. The van der Waals surface area contributed by atoms with Gasteiger partial charge in [-0.15, -0.1) is 0 Å². The van der Waals surface area contributed by atoms with Crippen LogP contribution < -0.4 is 11.1 Å². The maximum atomic E-state index is 12.6. The third-order valence-corrected chi connectivity index (χ3v) is 4.26. The first kappa shape index (κ1) is 19.1. The van der Waals surface area contributed by atoms with Gasteiger partial charge in [-0.2, -0.15) is 0 Å². The van der Waals surface area contributed by atoms with Crippen LogP contribution in [0.2, 0.25) is 10.0 Å². The summed E-state index contributed by atoms with van der Waals surface area (Å²) < 4.78 is 4.71. The largest absolute Gasteiger partial charge is 0.469 e. The molecule has 0 spiro atoms. The second-order valence-corrected chi connectivity index (χ2v) is 6.31. The molecule has 0 aliphatic heterocycles. The predicted octanol–water partition coefficient (Wildman–Crippen LogP) is 3.48. The number of nitrogens with one attached hydrogen (secondary N) is 1. The number of ether oxygens (including phenoxy) is 1. The Morgan fingerprint density at radius 3 is 2.28 bits per heavy atom. The Kier molecular flexibility index (Phi) is 6.67. The summed E-state index contributed by atoms with van der Waals surface area (Å²) in [5.41, 5.74) is 7.42. The molecule has 132 valence electrons. The number of anilines is 1. The predicted molar refractivity (Wildman–Crippen MR) is 98.9 cm³/mol. The van der Waals surface area contributed by atoms with Crippen LogP contribution in [-0.4, -0.2) is 25.0 Å². The van der Waals surface area contributed by atoms with Crippen LogP contribution in [0.4, 0.5) is 5.69 Å². The number of methoxy groups -OCH3 is 1. The minimum Gasteiger partial charge on any atom is -0.469 e. The SMILES string of the molecule is COC(=O)C[C@H](Cc1ccc(N)cc1)NC(=O)c1c(Cl)cccc1Cl. The highest BCUT2D eigenvalue weighted by Crippen LogP contribution is 2.24. The minimum atomic E-state index is -0.476. The second-order valence-electron chi connectivity index (χ2n) is 5.49. The monoisotopic (exact) mass is 380 g/mol. The Morgan fingerprint density at radius 1 is 1.12 bits per heavy atom. The molecule has 0 radical (unpaired) electrons. The Bertz CT molecular complexity index is 743. The summed E-state index contributed by atoms with van der Waals surface area (Å²) in [6.45, 7) is 0. The van der Waals surface area contributed by atoms with E-state index in [-0.39, 0.29) is 22.0 Å². The van der Waals surface area contributed by atoms with Gasteiger partial charge in [-0.25, -0.2) is 0 Å². The average molecular weight is 381 g/mol. The lowest BCUT2D eigenvalue weighted by molar-refractivity contribution is -0.141. The van der Waals surface area contributed by atoms with Crippen molar-refractivity contribution in [3.8, 4) is 0 Å². The summed E-state index contributed by atoms with van der Waals surface area (Å²) in [5.74, 6) is -0.869. The Labute approximate surface area is 156 Å². The Hall–Kier alpha value is -2.24. The Balaban J connectivity index is 2.18. The van der Waals surface area contributed by atoms with Gasteiger partial charge in [0.2, 0.25) is 0 Å². The first-order valence-electron chi connectivity index (χ1n) is 7.56. The number of carbonyl (C=O) groups excluding carboxylic acids is 2. The van der Waals surface area contributed by atoms with Crippen LogP contribution in [0, 0.1) is 0 Å². The number of amides is 1. The lowest BCUT2D eigenvalue weighted by Gasteiger charge is -2.19. The lowest BCUT2D eigenvalue weighted by Crippen LogP contribution is -2.38. The highest BCUT2D eigenvalue weighted by atomic mass is 35.5. The van der Waals surface area contributed by atoms with E-state index in [0.717, 1.165) is 5.56 Å². The van der Waals surface area contributed by atoms with Gasteiger partial charge in [-0.05, 0) is 36.2 Å². The summed E-state index contributed by atoms with van der Waals surface area (Å²) >= 11 is 12.1. The number of carbonyl (C=O) groups is 2. The molecule has 2 aromatic carbocycles. The number of nitrogens with two attached hydrogens (primary N) is 1. The molecule has 5 nitrogen and oxygen atoms in total. The minimum absolute atomic E-state index is 0.0225. The molecule has 0 aliphatic carbocycles. The number of esters is 1. The first-order chi connectivity index (χ1) is 11.9. The van der Waals surface area contributed by atoms with Crippen molar-refractivity contribution in [2.45, 2.75) is 18.9 Å². The topological polar surface area (TPSA) is 81.4 Å². The molecule has 7 heteroatoms. The molecule has 0 aromatic heterocycles. The number of benzene rings is 2. The second kappa shape index (κ2) is 8.74. The fraction of sp³-hybridized carbons (Fsp3) is 0.222. The molecular weight excluding hydrogens is 363 g/mol. The zero-order valence-corrected chi connectivity index (χ0v) is 15.1. The van der Waals surface area contributed by atoms with E-state index < -0.39 is 17.9 Å². The third kappa shape index (κ3) is 5.37. The molecule has 0 unspecified atom stereocenters. The van der Waals surface area contributed by atoms with Crippen molar-refractivity contribution in [1.82, 2.24) is 5.32 Å². The first-order valence-corrected chi connectivity index (χ1v) is 8.32. The molecule has 0 bridgehead atoms. The molecule has 1 atom stereocenters. The van der Waals surface area contributed by atoms with E-state index in [2.05, 4.69) is 5.32 Å². The van der Waals surface area contributed by atoms with Crippen LogP contribution in [0.25, 0.3) is 0 Å². The van der Waals surface area contributed by atoms with Crippen LogP contribution >= 0.6 is 23.2 Å². The summed E-state index contributed by atoms with van der Waals surface area (Å²) in [4.78, 5) is 24.2. The van der Waals surface area contributed by atoms with Crippen LogP contribution in [0.5, 0.6) is 0 Å². The van der Waals surface area contributed by atoms with Crippen molar-refractivity contribution < 1.29 is 14.3 Å². The molecular formula is C18H18Cl2N2O3. The quantitative estimate of drug-likeness (QED) is 0.593. The van der Waals surface area contributed by atoms with Gasteiger partial charge < -0.3 is 15.8 Å². The fourth-order valence-electron chi connectivity index (χ4n) is 2.37. The number of hydrogen-bond donors (Lipinski definition) is 2. The van der Waals surface area contributed by atoms with E-state index >= 15 is 0 Å². The smallest absolute Gasteiger partial charge is 0.307 e. The van der Waals surface area contributed by atoms with Gasteiger partial charge in [0.05, 0.1) is 29.1 Å². The van der Waals surface area contributed by atoms with Gasteiger partial charge in [0, 0.05) is 11.7 Å². The molecule has 2 rings (SSSR count). The summed E-state index contributed by atoms with van der Waals surface area (Å²) in [6, 6.07) is 11.5. The van der Waals surface area contributed by atoms with Crippen LogP contribution in [0.3, 0.4) is 0 Å². The van der Waals surface area contributed by atoms with Gasteiger partial charge in [0.15, 0.2) is 0 Å². The van der Waals surface area contributed by atoms with Crippen molar-refractivity contribution in [3.05, 3.63) is 63.6 Å². The molecule has 0 saturated carbocycles. The number of rotatable bonds is 6. The van der Waals surface area contributed by atoms with E-state index in [1.165, 1.54) is 7.11 Å². The summed E-state index contributed by atoms with van der Waals surface area (Å²) in [7, 11) is 1.30. The number of halogens is 2. The third-order valence-electron chi connectivity index (χ3n) is 3.63. The average Bonchev–Trinajstić information content (AvgIpc) is 2.56. The van der Waals surface area contributed by atoms with Crippen molar-refractivity contribution in [2.75, 3.05) is 12.8 Å². The molecule has 3 N–H and O–H groups in total. The number of hydrogen-bond acceptors (Lipinski definition) is 4. The van der Waals surface area contributed by atoms with E-state index in [4.69, 9.17) is 33.7 Å². The van der Waals surface area contributed by atoms with Crippen molar-refractivity contribution >= 4 is 40.8 Å². The van der Waals surface area contributed by atoms with Gasteiger partial charge in [-0.1, -0.05) is 41.4 Å². The van der Waals surface area contributed by atoms with E-state index in [9.17, 15) is 9.59 Å². The molecule has 0 aliphatic rings. The molecule has 25 heavy (non-hydrogen) atoms. The molecule has 2 aromatic rings. The molecule has 0 fully saturated rings. The molecule has 0 heterocycles. The van der Waals surface area contributed by atoms with Crippen molar-refractivity contribution in [3.63, 3.8) is 0 Å². The normalized spacial score (nSPS) is 11.6. The standard InChI is InChI=1S/C18H18Cl2N2O3/c1-25-16(23)10-13(9-11-5-7-12(21)8-6-11)22-18(24)17-14(19)3-2-4-15(17)20/h2-8,13H,9-10,21H2,1H3,(H,22,24)/t13-/m0/s1. The zero-order chi connectivity index (χ0) is 18.4. The maximum absolute atomic E-state index is 12.6. The van der Waals surface area contributed by atoms with E-state index in [1.54, 1.807) is 30.3 Å². The van der Waals surface area contributed by atoms with Crippen LogP contribution in [-0.2, 0) is 16.0 Å². The highest BCUT2D eigenvalue weighted by Gasteiger charge is 2.21. The van der Waals surface area contributed by atoms with Gasteiger partial charge in [-0.3, -0.25) is 9.59 Å². The van der Waals surface area contributed by atoms with Crippen LogP contribution in [0.1, 0.15) is 22.3 Å². The lowest BCUT2D eigenvalue weighted by atomic mass is 10.0. The highest BCUT2D eigenvalue weighted by molar-refractivity contribution is 6.39. The van der Waals surface area contributed by atoms with E-state index in [1.807, 2.05) is 12.1 Å². The fourth-order valence-corrected chi connectivity index (χ4v) is 2.94. The summed E-state index contributed by atoms with van der Waals surface area (Å²) in [5, 5.41) is 3.29. The molecule has 0 saturated heterocycles.